The monoisotopic (exact) mass is 422 g/mol. The molecule has 0 atom stereocenters. The van der Waals surface area contributed by atoms with E-state index in [2.05, 4.69) is 65.6 Å². The Morgan fingerprint density at radius 1 is 1.16 bits per heavy atom. The van der Waals surface area contributed by atoms with Gasteiger partial charge in [0, 0.05) is 45.5 Å². The van der Waals surface area contributed by atoms with Crippen LogP contribution in [0.3, 0.4) is 0 Å². The molecule has 6 heteroatoms. The molecule has 0 spiro atoms. The zero-order valence-electron chi connectivity index (χ0n) is 19.4. The topological polar surface area (TPSA) is 61.1 Å². The van der Waals surface area contributed by atoms with Gasteiger partial charge in [-0.3, -0.25) is 9.69 Å². The van der Waals surface area contributed by atoms with E-state index < -0.39 is 11.4 Å². The number of piperazine rings is 1. The summed E-state index contributed by atoms with van der Waals surface area (Å²) in [5.41, 5.74) is 5.33. The van der Waals surface area contributed by atoms with Gasteiger partial charge in [0.25, 0.3) is 0 Å². The molecule has 0 radical (unpaired) electrons. The van der Waals surface area contributed by atoms with Crippen LogP contribution in [-0.4, -0.2) is 64.0 Å². The summed E-state index contributed by atoms with van der Waals surface area (Å²) in [6.07, 6.45) is 2.28. The minimum Gasteiger partial charge on any atom is -0.481 e. The van der Waals surface area contributed by atoms with Crippen molar-refractivity contribution in [1.29, 1.82) is 0 Å². The molecule has 166 valence electrons. The molecule has 4 rings (SSSR count). The van der Waals surface area contributed by atoms with E-state index in [-0.39, 0.29) is 0 Å². The van der Waals surface area contributed by atoms with Crippen LogP contribution < -0.4 is 0 Å². The fraction of sp³-hybridized carbons (Fsp3) is 0.520. The van der Waals surface area contributed by atoms with Crippen LogP contribution in [0.25, 0.3) is 0 Å². The first-order chi connectivity index (χ1) is 14.6. The number of hydrogen-bond acceptors (Lipinski definition) is 4. The van der Waals surface area contributed by atoms with Gasteiger partial charge in [-0.1, -0.05) is 31.5 Å². The quantitative estimate of drug-likeness (QED) is 0.806. The summed E-state index contributed by atoms with van der Waals surface area (Å²) in [5.74, 6) is 0.758. The fourth-order valence-electron chi connectivity index (χ4n) is 4.45. The molecule has 1 fully saturated rings. The highest BCUT2D eigenvalue weighted by Gasteiger charge is 2.32. The van der Waals surface area contributed by atoms with E-state index in [1.54, 1.807) is 13.8 Å². The lowest BCUT2D eigenvalue weighted by molar-refractivity contribution is -0.148. The third-order valence-corrected chi connectivity index (χ3v) is 6.49. The van der Waals surface area contributed by atoms with Crippen LogP contribution in [0.5, 0.6) is 0 Å². The van der Waals surface area contributed by atoms with Crippen LogP contribution >= 0.6 is 0 Å². The van der Waals surface area contributed by atoms with Crippen LogP contribution in [0.15, 0.2) is 35.5 Å². The highest BCUT2D eigenvalue weighted by molar-refractivity contribution is 6.00. The van der Waals surface area contributed by atoms with Gasteiger partial charge in [0.15, 0.2) is 5.84 Å². The van der Waals surface area contributed by atoms with Crippen molar-refractivity contribution in [3.8, 4) is 0 Å². The maximum atomic E-state index is 11.5. The summed E-state index contributed by atoms with van der Waals surface area (Å²) in [6, 6.07) is 8.80. The molecule has 1 aromatic heterocycles. The van der Waals surface area contributed by atoms with Crippen molar-refractivity contribution in [3.05, 3.63) is 52.8 Å². The zero-order valence-corrected chi connectivity index (χ0v) is 19.4. The van der Waals surface area contributed by atoms with Crippen LogP contribution in [-0.2, 0) is 11.3 Å². The molecule has 6 nitrogen and oxygen atoms in total. The molecule has 0 amide bonds. The standard InChI is InChI=1S/C25H34N4O2/c1-17(2)19-13-22-23(26-21-7-6-18(3)12-20(21)15-29(22)14-19)28-10-8-27(9-11-28)16-25(4,5)24(30)31/h6-7,12-14,17H,8-11,15-16H2,1-5H3,(H,30,31). The van der Waals surface area contributed by atoms with Crippen molar-refractivity contribution < 1.29 is 9.90 Å². The predicted octanol–water partition coefficient (Wildman–Crippen LogP) is 4.09. The van der Waals surface area contributed by atoms with Gasteiger partial charge < -0.3 is 14.6 Å². The van der Waals surface area contributed by atoms with E-state index >= 15 is 0 Å². The third kappa shape index (κ3) is 4.40. The fourth-order valence-corrected chi connectivity index (χ4v) is 4.45. The van der Waals surface area contributed by atoms with Crippen LogP contribution in [0.4, 0.5) is 5.69 Å². The molecule has 2 aliphatic heterocycles. The molecule has 0 aliphatic carbocycles. The van der Waals surface area contributed by atoms with Crippen molar-refractivity contribution in [3.63, 3.8) is 0 Å². The number of aryl methyl sites for hydroxylation is 1. The summed E-state index contributed by atoms with van der Waals surface area (Å²) in [4.78, 5) is 21.3. The van der Waals surface area contributed by atoms with Crippen LogP contribution in [0, 0.1) is 12.3 Å². The Labute approximate surface area is 185 Å². The summed E-state index contributed by atoms with van der Waals surface area (Å²) in [5, 5.41) is 9.47. The smallest absolute Gasteiger partial charge is 0.310 e. The third-order valence-electron chi connectivity index (χ3n) is 6.49. The normalized spacial score (nSPS) is 17.2. The number of aromatic nitrogens is 1. The number of benzene rings is 1. The van der Waals surface area contributed by atoms with Crippen molar-refractivity contribution in [1.82, 2.24) is 14.4 Å². The molecule has 0 bridgehead atoms. The molecule has 2 aliphatic rings. The largest absolute Gasteiger partial charge is 0.481 e. The molecule has 1 N–H and O–H groups in total. The SMILES string of the molecule is Cc1ccc2c(c1)Cn1cc(C(C)C)cc1C(N1CCN(CC(C)(C)C(=O)O)CC1)=N2. The summed E-state index contributed by atoms with van der Waals surface area (Å²) in [7, 11) is 0. The van der Waals surface area contributed by atoms with Crippen molar-refractivity contribution >= 4 is 17.5 Å². The van der Waals surface area contributed by atoms with Crippen molar-refractivity contribution in [2.24, 2.45) is 10.4 Å². The number of rotatable bonds is 4. The van der Waals surface area contributed by atoms with E-state index in [4.69, 9.17) is 4.99 Å². The second-order valence-electron chi connectivity index (χ2n) is 9.96. The zero-order chi connectivity index (χ0) is 22.3. The van der Waals surface area contributed by atoms with E-state index in [0.29, 0.717) is 12.5 Å². The maximum absolute atomic E-state index is 11.5. The average molecular weight is 423 g/mol. The predicted molar refractivity (Wildman–Crippen MR) is 124 cm³/mol. The molecule has 0 unspecified atom stereocenters. The number of carboxylic acids is 1. The lowest BCUT2D eigenvalue weighted by Crippen LogP contribution is -2.52. The average Bonchev–Trinajstić information content (AvgIpc) is 3.05. The van der Waals surface area contributed by atoms with Crippen LogP contribution in [0.2, 0.25) is 0 Å². The first-order valence-electron chi connectivity index (χ1n) is 11.2. The molecule has 0 saturated carbocycles. The number of hydrogen-bond donors (Lipinski definition) is 1. The summed E-state index contributed by atoms with van der Waals surface area (Å²) < 4.78 is 2.35. The first-order valence-corrected chi connectivity index (χ1v) is 11.2. The number of fused-ring (bicyclic) bond motifs is 2. The van der Waals surface area contributed by atoms with Gasteiger partial charge in [0.05, 0.1) is 16.8 Å². The lowest BCUT2D eigenvalue weighted by Gasteiger charge is -2.38. The van der Waals surface area contributed by atoms with E-state index in [1.165, 1.54) is 22.4 Å². The van der Waals surface area contributed by atoms with Gasteiger partial charge in [0.2, 0.25) is 0 Å². The molecule has 1 saturated heterocycles. The van der Waals surface area contributed by atoms with E-state index in [0.717, 1.165) is 44.2 Å². The van der Waals surface area contributed by atoms with E-state index in [9.17, 15) is 9.90 Å². The van der Waals surface area contributed by atoms with Crippen molar-refractivity contribution in [2.75, 3.05) is 32.7 Å². The highest BCUT2D eigenvalue weighted by atomic mass is 16.4. The second-order valence-corrected chi connectivity index (χ2v) is 9.96. The van der Waals surface area contributed by atoms with E-state index in [1.807, 2.05) is 0 Å². The molecular formula is C25H34N4O2. The number of amidine groups is 1. The summed E-state index contributed by atoms with van der Waals surface area (Å²) >= 11 is 0. The first kappa shape index (κ1) is 21.6. The molecule has 31 heavy (non-hydrogen) atoms. The molecular weight excluding hydrogens is 388 g/mol. The van der Waals surface area contributed by atoms with Gasteiger partial charge in [0.1, 0.15) is 0 Å². The molecule has 1 aromatic carbocycles. The number of carbonyl (C=O) groups is 1. The minimum absolute atomic E-state index is 0.466. The maximum Gasteiger partial charge on any atom is 0.310 e. The Bertz CT molecular complexity index is 1010. The number of aliphatic imine (C=N–C) groups is 1. The number of carboxylic acid groups (broad SMARTS) is 1. The molecule has 2 aromatic rings. The Balaban J connectivity index is 1.62. The highest BCUT2D eigenvalue weighted by Crippen LogP contribution is 2.30. The van der Waals surface area contributed by atoms with Crippen LogP contribution in [0.1, 0.15) is 56.0 Å². The van der Waals surface area contributed by atoms with Gasteiger partial charge in [-0.15, -0.1) is 0 Å². The van der Waals surface area contributed by atoms with Gasteiger partial charge in [-0.25, -0.2) is 4.99 Å². The molecule has 3 heterocycles. The van der Waals surface area contributed by atoms with Gasteiger partial charge in [-0.05, 0) is 49.9 Å². The minimum atomic E-state index is -0.742. The number of aliphatic carboxylic acids is 1. The second kappa shape index (κ2) is 8.15. The Kier molecular flexibility index (Phi) is 5.69. The van der Waals surface area contributed by atoms with Crippen molar-refractivity contribution in [2.45, 2.75) is 47.1 Å². The Morgan fingerprint density at radius 2 is 1.87 bits per heavy atom. The Morgan fingerprint density at radius 3 is 2.52 bits per heavy atom. The lowest BCUT2D eigenvalue weighted by atomic mass is 9.93. The summed E-state index contributed by atoms with van der Waals surface area (Å²) in [6.45, 7) is 15.0. The number of nitrogens with zero attached hydrogens (tertiary/aromatic N) is 4. The van der Waals surface area contributed by atoms with Gasteiger partial charge in [-0.2, -0.15) is 0 Å². The Hall–Kier alpha value is -2.60. The van der Waals surface area contributed by atoms with Gasteiger partial charge >= 0.3 is 5.97 Å².